The van der Waals surface area contributed by atoms with Crippen LogP contribution >= 0.6 is 22.9 Å². The Hall–Kier alpha value is -1.03. The van der Waals surface area contributed by atoms with E-state index in [2.05, 4.69) is 66.1 Å². The monoisotopic (exact) mass is 308 g/mol. The summed E-state index contributed by atoms with van der Waals surface area (Å²) < 4.78 is 0. The van der Waals surface area contributed by atoms with E-state index in [1.54, 1.807) is 11.3 Å². The molecule has 0 spiro atoms. The molecule has 1 aromatic carbocycles. The van der Waals surface area contributed by atoms with Gasteiger partial charge in [-0.25, -0.2) is 0 Å². The lowest BCUT2D eigenvalue weighted by Crippen LogP contribution is -2.19. The van der Waals surface area contributed by atoms with E-state index in [1.807, 2.05) is 0 Å². The predicted molar refractivity (Wildman–Crippen MR) is 90.0 cm³/mol. The van der Waals surface area contributed by atoms with Gasteiger partial charge in [0, 0.05) is 19.6 Å². The number of thiophene rings is 1. The first-order valence-electron chi connectivity index (χ1n) is 6.87. The van der Waals surface area contributed by atoms with E-state index in [0.717, 1.165) is 23.8 Å². The topological polar surface area (TPSA) is 15.3 Å². The molecule has 1 N–H and O–H groups in total. The van der Waals surface area contributed by atoms with E-state index < -0.39 is 0 Å². The van der Waals surface area contributed by atoms with Crippen LogP contribution in [0.5, 0.6) is 0 Å². The van der Waals surface area contributed by atoms with Crippen LogP contribution in [0.2, 0.25) is 5.02 Å². The molecular weight excluding hydrogens is 288 g/mol. The summed E-state index contributed by atoms with van der Waals surface area (Å²) in [5.41, 5.74) is 3.62. The molecule has 4 heteroatoms. The first-order chi connectivity index (χ1) is 9.61. The summed E-state index contributed by atoms with van der Waals surface area (Å²) in [5.74, 6) is 0. The van der Waals surface area contributed by atoms with E-state index in [9.17, 15) is 0 Å². The molecule has 0 bridgehead atoms. The fraction of sp³-hybridized carbons (Fsp3) is 0.375. The van der Waals surface area contributed by atoms with E-state index in [4.69, 9.17) is 11.6 Å². The lowest BCUT2D eigenvalue weighted by Gasteiger charge is -2.22. The molecule has 2 aromatic rings. The van der Waals surface area contributed by atoms with Crippen molar-refractivity contribution in [2.75, 3.05) is 18.5 Å². The minimum absolute atomic E-state index is 0.328. The molecule has 0 saturated carbocycles. The van der Waals surface area contributed by atoms with Gasteiger partial charge in [-0.05, 0) is 53.6 Å². The molecule has 1 aromatic heterocycles. The number of nitrogens with one attached hydrogen (secondary N) is 1. The number of halogens is 1. The number of anilines is 1. The van der Waals surface area contributed by atoms with Crippen molar-refractivity contribution in [3.8, 4) is 0 Å². The highest BCUT2D eigenvalue weighted by Gasteiger charge is 2.10. The quantitative estimate of drug-likeness (QED) is 0.831. The second-order valence-corrected chi connectivity index (χ2v) is 6.17. The number of hydrogen-bond donors (Lipinski definition) is 1. The average molecular weight is 309 g/mol. The van der Waals surface area contributed by atoms with Gasteiger partial charge in [0.25, 0.3) is 0 Å². The van der Waals surface area contributed by atoms with Gasteiger partial charge in [0.2, 0.25) is 0 Å². The van der Waals surface area contributed by atoms with Gasteiger partial charge in [-0.15, -0.1) is 0 Å². The molecule has 0 radical (unpaired) electrons. The van der Waals surface area contributed by atoms with Crippen molar-refractivity contribution in [2.45, 2.75) is 26.4 Å². The van der Waals surface area contributed by atoms with E-state index >= 15 is 0 Å². The van der Waals surface area contributed by atoms with Gasteiger partial charge in [0.05, 0.1) is 10.7 Å². The summed E-state index contributed by atoms with van der Waals surface area (Å²) in [7, 11) is 2.08. The zero-order valence-corrected chi connectivity index (χ0v) is 13.8. The number of hydrogen-bond acceptors (Lipinski definition) is 3. The Bertz CT molecular complexity index is 539. The summed E-state index contributed by atoms with van der Waals surface area (Å²) in [6.45, 7) is 6.11. The van der Waals surface area contributed by atoms with Gasteiger partial charge in [-0.3, -0.25) is 0 Å². The molecule has 0 fully saturated rings. The van der Waals surface area contributed by atoms with Crippen molar-refractivity contribution < 1.29 is 0 Å². The van der Waals surface area contributed by atoms with Crippen LogP contribution in [0.4, 0.5) is 5.69 Å². The van der Waals surface area contributed by atoms with Crippen LogP contribution in [-0.4, -0.2) is 13.6 Å². The molecule has 1 atom stereocenters. The van der Waals surface area contributed by atoms with Gasteiger partial charge in [0.15, 0.2) is 0 Å². The molecule has 0 aliphatic carbocycles. The second-order valence-electron chi connectivity index (χ2n) is 4.98. The molecule has 2 nitrogen and oxygen atoms in total. The molecule has 1 heterocycles. The van der Waals surface area contributed by atoms with E-state index in [0.29, 0.717) is 6.04 Å². The summed E-state index contributed by atoms with van der Waals surface area (Å²) in [5, 5.41) is 8.49. The highest BCUT2D eigenvalue weighted by molar-refractivity contribution is 7.07. The highest BCUT2D eigenvalue weighted by Crippen LogP contribution is 2.29. The Balaban J connectivity index is 2.12. The van der Waals surface area contributed by atoms with E-state index in [-0.39, 0.29) is 0 Å². The first kappa shape index (κ1) is 15.4. The standard InChI is InChI=1S/C16H21ClN2S/c1-4-18-12(2)14-5-6-16(15(17)9-14)19(3)10-13-7-8-20-11-13/h5-9,11-12,18H,4,10H2,1-3H3. The van der Waals surface area contributed by atoms with Gasteiger partial charge in [-0.2, -0.15) is 11.3 Å². The molecule has 1 unspecified atom stereocenters. The minimum atomic E-state index is 0.328. The summed E-state index contributed by atoms with van der Waals surface area (Å²) in [6, 6.07) is 8.80. The molecule has 108 valence electrons. The van der Waals surface area contributed by atoms with Gasteiger partial charge in [0.1, 0.15) is 0 Å². The molecule has 20 heavy (non-hydrogen) atoms. The fourth-order valence-corrected chi connectivity index (χ4v) is 3.26. The Morgan fingerprint density at radius 2 is 2.15 bits per heavy atom. The van der Waals surface area contributed by atoms with Crippen molar-refractivity contribution in [3.05, 3.63) is 51.2 Å². The van der Waals surface area contributed by atoms with Gasteiger partial charge < -0.3 is 10.2 Å². The maximum Gasteiger partial charge on any atom is 0.0642 e. The van der Waals surface area contributed by atoms with Crippen molar-refractivity contribution >= 4 is 28.6 Å². The van der Waals surface area contributed by atoms with Crippen LogP contribution < -0.4 is 10.2 Å². The third-order valence-electron chi connectivity index (χ3n) is 3.39. The summed E-state index contributed by atoms with van der Waals surface area (Å²) >= 11 is 8.17. The largest absolute Gasteiger partial charge is 0.369 e. The Morgan fingerprint density at radius 1 is 1.35 bits per heavy atom. The molecule has 0 aliphatic heterocycles. The van der Waals surface area contributed by atoms with Gasteiger partial charge >= 0.3 is 0 Å². The lowest BCUT2D eigenvalue weighted by molar-refractivity contribution is 0.598. The zero-order valence-electron chi connectivity index (χ0n) is 12.2. The molecular formula is C16H21ClN2S. The number of rotatable bonds is 6. The third kappa shape index (κ3) is 3.75. The average Bonchev–Trinajstić information content (AvgIpc) is 2.91. The first-order valence-corrected chi connectivity index (χ1v) is 8.19. The van der Waals surface area contributed by atoms with Crippen molar-refractivity contribution in [2.24, 2.45) is 0 Å². The molecule has 0 saturated heterocycles. The van der Waals surface area contributed by atoms with Gasteiger partial charge in [-0.1, -0.05) is 24.6 Å². The molecule has 2 rings (SSSR count). The normalized spacial score (nSPS) is 12.4. The van der Waals surface area contributed by atoms with E-state index in [1.165, 1.54) is 11.1 Å². The second kappa shape index (κ2) is 7.11. The number of benzene rings is 1. The summed E-state index contributed by atoms with van der Waals surface area (Å²) in [4.78, 5) is 2.19. The van der Waals surface area contributed by atoms with Crippen LogP contribution in [0.3, 0.4) is 0 Å². The lowest BCUT2D eigenvalue weighted by atomic mass is 10.1. The van der Waals surface area contributed by atoms with Crippen LogP contribution in [0.15, 0.2) is 35.0 Å². The van der Waals surface area contributed by atoms with Crippen LogP contribution in [0, 0.1) is 0 Å². The Morgan fingerprint density at radius 3 is 2.75 bits per heavy atom. The SMILES string of the molecule is CCNC(C)c1ccc(N(C)Cc2ccsc2)c(Cl)c1. The highest BCUT2D eigenvalue weighted by atomic mass is 35.5. The third-order valence-corrected chi connectivity index (χ3v) is 4.43. The number of nitrogens with zero attached hydrogens (tertiary/aromatic N) is 1. The zero-order chi connectivity index (χ0) is 14.5. The maximum atomic E-state index is 6.44. The van der Waals surface area contributed by atoms with Crippen molar-refractivity contribution in [1.82, 2.24) is 5.32 Å². The van der Waals surface area contributed by atoms with Crippen molar-refractivity contribution in [3.63, 3.8) is 0 Å². The van der Waals surface area contributed by atoms with Crippen LogP contribution in [0.1, 0.15) is 31.0 Å². The van der Waals surface area contributed by atoms with Crippen LogP contribution in [0.25, 0.3) is 0 Å². The molecule has 0 aliphatic rings. The predicted octanol–water partition coefficient (Wildman–Crippen LogP) is 4.71. The minimum Gasteiger partial charge on any atom is -0.369 e. The molecule has 0 amide bonds. The van der Waals surface area contributed by atoms with Crippen molar-refractivity contribution in [1.29, 1.82) is 0 Å². The Labute approximate surface area is 130 Å². The van der Waals surface area contributed by atoms with Crippen LogP contribution in [-0.2, 0) is 6.54 Å². The Kier molecular flexibility index (Phi) is 5.46. The maximum absolute atomic E-state index is 6.44. The smallest absolute Gasteiger partial charge is 0.0642 e. The fourth-order valence-electron chi connectivity index (χ4n) is 2.27. The summed E-state index contributed by atoms with van der Waals surface area (Å²) in [6.07, 6.45) is 0.